The Morgan fingerprint density at radius 2 is 2.00 bits per heavy atom. The third-order valence-electron chi connectivity index (χ3n) is 4.95. The molecule has 0 saturated carbocycles. The van der Waals surface area contributed by atoms with Gasteiger partial charge in [-0.05, 0) is 37.6 Å². The Hall–Kier alpha value is -2.82. The van der Waals surface area contributed by atoms with Crippen LogP contribution in [0.3, 0.4) is 0 Å². The Morgan fingerprint density at radius 1 is 1.27 bits per heavy atom. The Bertz CT molecular complexity index is 1090. The molecule has 1 aliphatic rings. The predicted molar refractivity (Wildman–Crippen MR) is 108 cm³/mol. The fourth-order valence-electron chi connectivity index (χ4n) is 3.57. The van der Waals surface area contributed by atoms with Crippen LogP contribution in [-0.4, -0.2) is 32.2 Å². The summed E-state index contributed by atoms with van der Waals surface area (Å²) in [5.41, 5.74) is 0.127. The molecular formula is C19H19F4N5OS. The molecule has 3 aromatic rings. The maximum atomic E-state index is 13.3. The average molecular weight is 441 g/mol. The number of amides is 1. The van der Waals surface area contributed by atoms with E-state index in [-0.39, 0.29) is 31.8 Å². The van der Waals surface area contributed by atoms with E-state index in [1.54, 1.807) is 24.0 Å². The van der Waals surface area contributed by atoms with E-state index in [0.29, 0.717) is 22.8 Å². The summed E-state index contributed by atoms with van der Waals surface area (Å²) in [5, 5.41) is 4.29. The van der Waals surface area contributed by atoms with Crippen molar-refractivity contribution in [1.82, 2.24) is 19.7 Å². The minimum atomic E-state index is -4.66. The van der Waals surface area contributed by atoms with E-state index in [4.69, 9.17) is 0 Å². The molecule has 1 amide bonds. The van der Waals surface area contributed by atoms with Gasteiger partial charge in [-0.15, -0.1) is 0 Å². The first-order chi connectivity index (χ1) is 13.7. The minimum Gasteiger partial charge on any atom is -0.342 e. The summed E-state index contributed by atoms with van der Waals surface area (Å²) in [6.45, 7) is 2.54. The fourth-order valence-corrected chi connectivity index (χ4v) is 3.57. The summed E-state index contributed by atoms with van der Waals surface area (Å²) >= 11 is 0. The van der Waals surface area contributed by atoms with Gasteiger partial charge in [0.1, 0.15) is 18.2 Å². The van der Waals surface area contributed by atoms with Crippen molar-refractivity contribution in [2.45, 2.75) is 32.7 Å². The maximum Gasteiger partial charge on any atom is 0.416 e. The summed E-state index contributed by atoms with van der Waals surface area (Å²) in [7, 11) is 0. The standard InChI is InChI=1S/C19H17F4N5O.H2S/c1-10-9-27(13-3-4-15(19(21,22)23)12(5-13)6-20)18(29)17-14(7-25-28(10)17)16-8-24-11(2)26-16;/h3-5,7-8,10H,6,9H2,1-2H3,(H,24,26);1H2/t10-;/m0./s1. The molecule has 1 aliphatic heterocycles. The third-order valence-corrected chi connectivity index (χ3v) is 4.95. The van der Waals surface area contributed by atoms with Crippen LogP contribution in [0.2, 0.25) is 0 Å². The van der Waals surface area contributed by atoms with Gasteiger partial charge < -0.3 is 9.88 Å². The molecule has 0 spiro atoms. The van der Waals surface area contributed by atoms with Crippen molar-refractivity contribution in [2.75, 3.05) is 11.4 Å². The van der Waals surface area contributed by atoms with Gasteiger partial charge in [0, 0.05) is 12.2 Å². The molecule has 0 radical (unpaired) electrons. The van der Waals surface area contributed by atoms with Crippen LogP contribution in [0.5, 0.6) is 0 Å². The van der Waals surface area contributed by atoms with Crippen molar-refractivity contribution in [2.24, 2.45) is 0 Å². The van der Waals surface area contributed by atoms with E-state index in [2.05, 4.69) is 15.1 Å². The number of carbonyl (C=O) groups is 1. The zero-order valence-corrected chi connectivity index (χ0v) is 17.1. The summed E-state index contributed by atoms with van der Waals surface area (Å²) in [4.78, 5) is 21.8. The van der Waals surface area contributed by atoms with Gasteiger partial charge in [0.2, 0.25) is 0 Å². The lowest BCUT2D eigenvalue weighted by Gasteiger charge is -2.32. The Labute approximate surface area is 176 Å². The Balaban J connectivity index is 0.00000256. The van der Waals surface area contributed by atoms with Crippen molar-refractivity contribution in [1.29, 1.82) is 0 Å². The first-order valence-corrected chi connectivity index (χ1v) is 8.88. The number of halogens is 4. The molecule has 4 rings (SSSR count). The van der Waals surface area contributed by atoms with Crippen LogP contribution in [-0.2, 0) is 12.9 Å². The molecule has 1 N–H and O–H groups in total. The maximum absolute atomic E-state index is 13.3. The van der Waals surface area contributed by atoms with Crippen molar-refractivity contribution < 1.29 is 22.4 Å². The molecule has 11 heteroatoms. The number of benzene rings is 1. The first kappa shape index (κ1) is 21.9. The summed E-state index contributed by atoms with van der Waals surface area (Å²) in [6, 6.07) is 2.86. The number of rotatable bonds is 3. The monoisotopic (exact) mass is 441 g/mol. The van der Waals surface area contributed by atoms with Crippen LogP contribution in [0.25, 0.3) is 11.3 Å². The lowest BCUT2D eigenvalue weighted by molar-refractivity contribution is -0.138. The number of carbonyl (C=O) groups excluding carboxylic acids is 1. The van der Waals surface area contributed by atoms with Gasteiger partial charge in [0.05, 0.1) is 35.3 Å². The second kappa shape index (κ2) is 7.78. The van der Waals surface area contributed by atoms with E-state index in [1.807, 2.05) is 6.92 Å². The molecule has 0 fully saturated rings. The Morgan fingerprint density at radius 3 is 2.60 bits per heavy atom. The van der Waals surface area contributed by atoms with E-state index in [9.17, 15) is 22.4 Å². The number of nitrogens with one attached hydrogen (secondary N) is 1. The van der Waals surface area contributed by atoms with Gasteiger partial charge in [-0.3, -0.25) is 9.48 Å². The van der Waals surface area contributed by atoms with Crippen LogP contribution < -0.4 is 4.90 Å². The largest absolute Gasteiger partial charge is 0.416 e. The number of hydrogen-bond acceptors (Lipinski definition) is 3. The number of fused-ring (bicyclic) bond motifs is 1. The Kier molecular flexibility index (Phi) is 5.68. The molecule has 1 aromatic carbocycles. The predicted octanol–water partition coefficient (Wildman–Crippen LogP) is 4.40. The highest BCUT2D eigenvalue weighted by atomic mass is 32.1. The molecule has 0 aliphatic carbocycles. The van der Waals surface area contributed by atoms with Crippen LogP contribution in [0.4, 0.5) is 23.2 Å². The van der Waals surface area contributed by atoms with Gasteiger partial charge in [-0.1, -0.05) is 0 Å². The van der Waals surface area contributed by atoms with Crippen LogP contribution >= 0.6 is 13.5 Å². The molecule has 0 bridgehead atoms. The lowest BCUT2D eigenvalue weighted by Crippen LogP contribution is -2.43. The summed E-state index contributed by atoms with van der Waals surface area (Å²) in [6.07, 6.45) is -1.52. The number of nitrogens with zero attached hydrogens (tertiary/aromatic N) is 4. The number of aromatic amines is 1. The molecule has 6 nitrogen and oxygen atoms in total. The van der Waals surface area contributed by atoms with Gasteiger partial charge >= 0.3 is 6.18 Å². The highest BCUT2D eigenvalue weighted by Gasteiger charge is 2.36. The zero-order chi connectivity index (χ0) is 20.9. The number of aromatic nitrogens is 4. The highest BCUT2D eigenvalue weighted by Crippen LogP contribution is 2.37. The second-order valence-electron chi connectivity index (χ2n) is 6.97. The number of aryl methyl sites for hydroxylation is 1. The van der Waals surface area contributed by atoms with Gasteiger partial charge in [-0.2, -0.15) is 31.8 Å². The number of anilines is 1. The second-order valence-corrected chi connectivity index (χ2v) is 6.97. The molecule has 160 valence electrons. The highest BCUT2D eigenvalue weighted by molar-refractivity contribution is 7.59. The minimum absolute atomic E-state index is 0. The van der Waals surface area contributed by atoms with Crippen molar-refractivity contribution >= 4 is 25.1 Å². The molecule has 2 aromatic heterocycles. The van der Waals surface area contributed by atoms with Crippen LogP contribution in [0.15, 0.2) is 30.6 Å². The van der Waals surface area contributed by atoms with Crippen molar-refractivity contribution in [3.05, 3.63) is 53.2 Å². The number of hydrogen-bond donors (Lipinski definition) is 1. The topological polar surface area (TPSA) is 66.8 Å². The third kappa shape index (κ3) is 3.57. The van der Waals surface area contributed by atoms with Gasteiger partial charge in [0.15, 0.2) is 0 Å². The zero-order valence-electron chi connectivity index (χ0n) is 16.1. The lowest BCUT2D eigenvalue weighted by atomic mass is 10.0. The van der Waals surface area contributed by atoms with E-state index in [0.717, 1.165) is 12.1 Å². The van der Waals surface area contributed by atoms with Gasteiger partial charge in [-0.25, -0.2) is 9.37 Å². The first-order valence-electron chi connectivity index (χ1n) is 8.88. The molecule has 30 heavy (non-hydrogen) atoms. The molecule has 0 saturated heterocycles. The number of imidazole rings is 1. The molecular weight excluding hydrogens is 422 g/mol. The fraction of sp³-hybridized carbons (Fsp3) is 0.316. The van der Waals surface area contributed by atoms with E-state index < -0.39 is 29.9 Å². The van der Waals surface area contributed by atoms with Gasteiger partial charge in [0.25, 0.3) is 5.91 Å². The number of H-pyrrole nitrogens is 1. The van der Waals surface area contributed by atoms with Crippen LogP contribution in [0.1, 0.15) is 40.4 Å². The average Bonchev–Trinajstić information content (AvgIpc) is 3.30. The SMILES string of the molecule is Cc1ncc(-c2cnn3c2C(=O)N(c2ccc(C(F)(F)F)c(CF)c2)C[C@@H]3C)[nH]1.S. The molecule has 0 unspecified atom stereocenters. The van der Waals surface area contributed by atoms with E-state index >= 15 is 0 Å². The van der Waals surface area contributed by atoms with Crippen LogP contribution in [0, 0.1) is 6.92 Å². The smallest absolute Gasteiger partial charge is 0.342 e. The molecule has 3 heterocycles. The van der Waals surface area contributed by atoms with Crippen molar-refractivity contribution in [3.8, 4) is 11.3 Å². The van der Waals surface area contributed by atoms with Crippen molar-refractivity contribution in [3.63, 3.8) is 0 Å². The number of alkyl halides is 4. The summed E-state index contributed by atoms with van der Waals surface area (Å²) < 4.78 is 54.1. The normalized spacial score (nSPS) is 16.4. The summed E-state index contributed by atoms with van der Waals surface area (Å²) in [5.74, 6) is 0.246. The quantitative estimate of drug-likeness (QED) is 0.613. The molecule has 1 atom stereocenters. The van der Waals surface area contributed by atoms with E-state index in [1.165, 1.54) is 11.0 Å².